The Balaban J connectivity index is 0.00000107. The molecule has 2 aliphatic carbocycles. The number of fused-ring (bicyclic) bond motifs is 4. The van der Waals surface area contributed by atoms with Gasteiger partial charge >= 0.3 is 33.3 Å². The number of hydrogen-bond donors (Lipinski definition) is 0. The third-order valence-electron chi connectivity index (χ3n) is 7.39. The van der Waals surface area contributed by atoms with Crippen LogP contribution in [0, 0.1) is 0 Å². The fourth-order valence-corrected chi connectivity index (χ4v) is 6.62. The summed E-state index contributed by atoms with van der Waals surface area (Å²) in [6, 6.07) is 13.8. The second-order valence-electron chi connectivity index (χ2n) is 9.92. The molecule has 2 saturated carbocycles. The summed E-state index contributed by atoms with van der Waals surface area (Å²) in [5.74, 6) is 0.892. The van der Waals surface area contributed by atoms with Crippen LogP contribution in [0.3, 0.4) is 0 Å². The van der Waals surface area contributed by atoms with E-state index in [4.69, 9.17) is 51.2 Å². The van der Waals surface area contributed by atoms with Crippen molar-refractivity contribution in [2.75, 3.05) is 20.2 Å². The van der Waals surface area contributed by atoms with Gasteiger partial charge in [-0.05, 0) is 24.3 Å². The molecule has 10 heteroatoms. The number of benzene rings is 1. The molecule has 2 bridgehead atoms. The molecule has 38 heavy (non-hydrogen) atoms. The summed E-state index contributed by atoms with van der Waals surface area (Å²) in [5, 5.41) is 20.4. The van der Waals surface area contributed by atoms with Crippen LogP contribution in [0.25, 0.3) is 21.3 Å². The molecule has 3 aliphatic rings. The molecule has 1 aromatic heterocycles. The van der Waals surface area contributed by atoms with Gasteiger partial charge in [0, 0.05) is 16.3 Å². The third-order valence-corrected chi connectivity index (χ3v) is 8.42. The molecular formula is C28H37Cl2MnN5OS-4. The maximum atomic E-state index is 5.59. The summed E-state index contributed by atoms with van der Waals surface area (Å²) in [6.07, 6.45) is 9.57. The predicted molar refractivity (Wildman–Crippen MR) is 156 cm³/mol. The summed E-state index contributed by atoms with van der Waals surface area (Å²) in [5.41, 5.74) is 2.05. The zero-order valence-corrected chi connectivity index (χ0v) is 25.5. The second-order valence-corrected chi connectivity index (χ2v) is 13.0. The van der Waals surface area contributed by atoms with Crippen LogP contribution < -0.4 is 4.74 Å². The van der Waals surface area contributed by atoms with E-state index in [1.165, 1.54) is 30.6 Å². The number of para-hydroxylation sites is 1. The quantitative estimate of drug-likeness (QED) is 0.323. The van der Waals surface area contributed by atoms with Crippen molar-refractivity contribution >= 4 is 32.0 Å². The molecule has 0 amide bonds. The number of aromatic nitrogens is 1. The van der Waals surface area contributed by atoms with Gasteiger partial charge in [0.25, 0.3) is 0 Å². The van der Waals surface area contributed by atoms with Gasteiger partial charge in [0.2, 0.25) is 0 Å². The molecule has 6 nitrogen and oxygen atoms in total. The van der Waals surface area contributed by atoms with Crippen LogP contribution in [-0.2, 0) is 26.2 Å². The molecule has 2 unspecified atom stereocenters. The third kappa shape index (κ3) is 9.25. The molecule has 0 spiro atoms. The normalized spacial score (nSPS) is 26.4. The molecule has 1 aliphatic heterocycles. The molecular weight excluding hydrogens is 580 g/mol. The number of rotatable bonds is 3. The van der Waals surface area contributed by atoms with E-state index in [0.29, 0.717) is 37.3 Å². The van der Waals surface area contributed by atoms with Crippen LogP contribution >= 0.6 is 32.0 Å². The summed E-state index contributed by atoms with van der Waals surface area (Å²) < 4.78 is 5.59. The van der Waals surface area contributed by atoms with Crippen molar-refractivity contribution in [3.05, 3.63) is 69.1 Å². The standard InChI is InChI=1S/C28H37N5OS.2ClH.Mn/c1-34-27-12-6-7-13-28(27)35-22-16-20-18-31-25-10-4-2-8-23(25)29-14-15-30-24-9-3-5-11-26(24)32-19-21(17-22)33-20;;;/h6-7,12-13,16-17,23-26H,2-5,8-11,14-15,18-19H2,1H3;2*1H;/q-4;;;+2/p-2/t23-,24?,25-,26?;;;/m1.../s1. The van der Waals surface area contributed by atoms with E-state index in [2.05, 4.69) is 24.3 Å². The number of ether oxygens (including phenoxy) is 1. The Kier molecular flexibility index (Phi) is 13.3. The van der Waals surface area contributed by atoms with Crippen LogP contribution in [-0.4, -0.2) is 49.4 Å². The van der Waals surface area contributed by atoms with Crippen molar-refractivity contribution in [3.8, 4) is 5.75 Å². The average Bonchev–Trinajstić information content (AvgIpc) is 2.95. The number of hydrogen-bond acceptors (Lipinski definition) is 3. The minimum absolute atomic E-state index is 0.00694. The second kappa shape index (κ2) is 16.7. The SMILES string of the molecule is COc1ccccc1Sc1cc2nc(c1)C[N-][C@@H]1CCCC[C@H]1[N-]CC[N-]C1CCCCC1[N-]C2.[Cl][Mn][Cl]. The average molecular weight is 618 g/mol. The summed E-state index contributed by atoms with van der Waals surface area (Å²) >= 11 is 1.73. The molecule has 211 valence electrons. The topological polar surface area (TPSA) is 78.5 Å². The van der Waals surface area contributed by atoms with E-state index in [1.807, 2.05) is 12.1 Å². The fraction of sp³-hybridized carbons (Fsp3) is 0.607. The van der Waals surface area contributed by atoms with Crippen LogP contribution in [0.5, 0.6) is 5.75 Å². The van der Waals surface area contributed by atoms with Crippen molar-refractivity contribution in [1.29, 1.82) is 0 Å². The predicted octanol–water partition coefficient (Wildman–Crippen LogP) is 8.75. The van der Waals surface area contributed by atoms with Crippen LogP contribution in [0.15, 0.2) is 46.2 Å². The van der Waals surface area contributed by atoms with Gasteiger partial charge in [0.1, 0.15) is 5.75 Å². The molecule has 2 heterocycles. The molecule has 2 aromatic rings. The molecule has 5 rings (SSSR count). The van der Waals surface area contributed by atoms with Gasteiger partial charge in [0.15, 0.2) is 0 Å². The first-order valence-corrected chi connectivity index (χ1v) is 17.6. The van der Waals surface area contributed by atoms with Crippen molar-refractivity contribution in [3.63, 3.8) is 0 Å². The Bertz CT molecular complexity index is 942. The summed E-state index contributed by atoms with van der Waals surface area (Å²) in [4.78, 5) is 7.28. The van der Waals surface area contributed by atoms with Crippen molar-refractivity contribution < 1.29 is 17.9 Å². The van der Waals surface area contributed by atoms with E-state index in [1.54, 1.807) is 18.9 Å². The van der Waals surface area contributed by atoms with Crippen molar-refractivity contribution in [2.45, 2.75) is 98.4 Å². The van der Waals surface area contributed by atoms with Crippen LogP contribution in [0.4, 0.5) is 0 Å². The van der Waals surface area contributed by atoms with Gasteiger partial charge in [-0.2, -0.15) is 37.3 Å². The monoisotopic (exact) mass is 616 g/mol. The first kappa shape index (κ1) is 30.4. The molecule has 4 atom stereocenters. The van der Waals surface area contributed by atoms with Gasteiger partial charge in [-0.1, -0.05) is 75.3 Å². The van der Waals surface area contributed by atoms with Crippen LogP contribution in [0.2, 0.25) is 0 Å². The molecule has 0 N–H and O–H groups in total. The fourth-order valence-electron chi connectivity index (χ4n) is 5.57. The minimum atomic E-state index is 0.00694. The van der Waals surface area contributed by atoms with E-state index < -0.39 is 0 Å². The Morgan fingerprint density at radius 2 is 1.26 bits per heavy atom. The number of halogens is 2. The first-order valence-electron chi connectivity index (χ1n) is 13.5. The van der Waals surface area contributed by atoms with Crippen molar-refractivity contribution in [2.24, 2.45) is 0 Å². The van der Waals surface area contributed by atoms with Gasteiger partial charge < -0.3 is 26.0 Å². The molecule has 1 aromatic carbocycles. The number of methoxy groups -OCH3 is 1. The van der Waals surface area contributed by atoms with Crippen molar-refractivity contribution in [1.82, 2.24) is 4.98 Å². The Morgan fingerprint density at radius 1 is 0.789 bits per heavy atom. The van der Waals surface area contributed by atoms with Gasteiger partial charge in [-0.15, -0.1) is 13.1 Å². The van der Waals surface area contributed by atoms with E-state index in [0.717, 1.165) is 60.8 Å². The van der Waals surface area contributed by atoms with Gasteiger partial charge in [-0.25, -0.2) is 0 Å². The number of nitrogens with zero attached hydrogens (tertiary/aromatic N) is 5. The van der Waals surface area contributed by atoms with E-state index in [9.17, 15) is 0 Å². The van der Waals surface area contributed by atoms with E-state index in [-0.39, 0.29) is 13.1 Å². The number of pyridine rings is 1. The Hall–Kier alpha value is -0.541. The van der Waals surface area contributed by atoms with Gasteiger partial charge in [-0.3, -0.25) is 4.98 Å². The maximum absolute atomic E-state index is 5.59. The Morgan fingerprint density at radius 3 is 1.76 bits per heavy atom. The van der Waals surface area contributed by atoms with E-state index >= 15 is 0 Å². The zero-order valence-electron chi connectivity index (χ0n) is 21.9. The molecule has 2 fully saturated rings. The van der Waals surface area contributed by atoms with Crippen LogP contribution in [0.1, 0.15) is 62.8 Å². The molecule has 0 saturated heterocycles. The zero-order chi connectivity index (χ0) is 26.6. The summed E-state index contributed by atoms with van der Waals surface area (Å²) in [6.45, 7) is 2.93. The molecule has 0 radical (unpaired) electrons. The first-order chi connectivity index (χ1) is 18.7. The Labute approximate surface area is 247 Å². The summed E-state index contributed by atoms with van der Waals surface area (Å²) in [7, 11) is 11.3. The van der Waals surface area contributed by atoms with Gasteiger partial charge in [0.05, 0.1) is 12.0 Å².